The zero-order valence-corrected chi connectivity index (χ0v) is 23.4. The summed E-state index contributed by atoms with van der Waals surface area (Å²) in [5.41, 5.74) is 5.00. The predicted octanol–water partition coefficient (Wildman–Crippen LogP) is 0.977. The van der Waals surface area contributed by atoms with Crippen LogP contribution in [0.15, 0.2) is 0 Å². The van der Waals surface area contributed by atoms with E-state index in [2.05, 4.69) is 6.92 Å². The molecule has 0 rings (SSSR count). The summed E-state index contributed by atoms with van der Waals surface area (Å²) >= 11 is 0. The van der Waals surface area contributed by atoms with Gasteiger partial charge in [0.25, 0.3) is 0 Å². The number of rotatable bonds is 28. The molecule has 0 aliphatic heterocycles. The first kappa shape index (κ1) is 36.6. The maximum atomic E-state index is 9.88. The fraction of sp³-hybridized carbons (Fsp3) is 1.00. The molecule has 0 radical (unpaired) electrons. The highest BCUT2D eigenvalue weighted by Gasteiger charge is 2.25. The predicted molar refractivity (Wildman–Crippen MR) is 140 cm³/mol. The van der Waals surface area contributed by atoms with Gasteiger partial charge in [-0.05, 0) is 52.4 Å². The van der Waals surface area contributed by atoms with Crippen molar-refractivity contribution in [1.82, 2.24) is 0 Å². The van der Waals surface area contributed by atoms with E-state index in [0.29, 0.717) is 65.3 Å². The van der Waals surface area contributed by atoms with Crippen molar-refractivity contribution in [2.75, 3.05) is 79.3 Å². The van der Waals surface area contributed by atoms with Crippen LogP contribution < -0.4 is 5.73 Å². The maximum Gasteiger partial charge on any atom is 0.116 e. The molecule has 0 aromatic carbocycles. The van der Waals surface area contributed by atoms with Crippen LogP contribution >= 0.6 is 0 Å². The van der Waals surface area contributed by atoms with Crippen molar-refractivity contribution in [3.8, 4) is 0 Å². The number of hydrogen-bond acceptors (Lipinski definition) is 11. The van der Waals surface area contributed by atoms with Crippen molar-refractivity contribution in [2.24, 2.45) is 5.73 Å². The molecule has 0 aromatic heterocycles. The van der Waals surface area contributed by atoms with Gasteiger partial charge in [0.1, 0.15) is 17.9 Å². The lowest BCUT2D eigenvalue weighted by atomic mass is 9.99. The van der Waals surface area contributed by atoms with Crippen LogP contribution in [-0.4, -0.2) is 123 Å². The van der Waals surface area contributed by atoms with E-state index in [1.54, 1.807) is 6.92 Å². The molecule has 6 N–H and O–H groups in total. The van der Waals surface area contributed by atoms with E-state index >= 15 is 0 Å². The molecular formula is C26H55NO10. The summed E-state index contributed by atoms with van der Waals surface area (Å²) in [6.45, 7) is 9.48. The summed E-state index contributed by atoms with van der Waals surface area (Å²) in [6.07, 6.45) is 3.45. The topological polar surface area (TPSA) is 162 Å². The van der Waals surface area contributed by atoms with Crippen LogP contribution in [0.4, 0.5) is 0 Å². The molecule has 224 valence electrons. The van der Waals surface area contributed by atoms with Gasteiger partial charge >= 0.3 is 0 Å². The Morgan fingerprint density at radius 3 is 1.59 bits per heavy atom. The van der Waals surface area contributed by atoms with E-state index in [9.17, 15) is 10.2 Å². The number of hydrogen-bond donors (Lipinski definition) is 5. The van der Waals surface area contributed by atoms with Crippen LogP contribution in [0.2, 0.25) is 0 Å². The summed E-state index contributed by atoms with van der Waals surface area (Å²) in [5, 5.41) is 37.2. The molecule has 4 atom stereocenters. The Kier molecular flexibility index (Phi) is 23.2. The smallest absolute Gasteiger partial charge is 0.116 e. The molecule has 0 fully saturated rings. The van der Waals surface area contributed by atoms with Crippen molar-refractivity contribution in [3.63, 3.8) is 0 Å². The molecule has 37 heavy (non-hydrogen) atoms. The highest BCUT2D eigenvalue weighted by Crippen LogP contribution is 2.21. The molecule has 0 aromatic rings. The molecule has 0 heterocycles. The quantitative estimate of drug-likeness (QED) is 0.0709. The van der Waals surface area contributed by atoms with Gasteiger partial charge in [-0.25, -0.2) is 0 Å². The van der Waals surface area contributed by atoms with E-state index in [4.69, 9.17) is 44.4 Å². The fourth-order valence-corrected chi connectivity index (χ4v) is 3.15. The Morgan fingerprint density at radius 1 is 0.622 bits per heavy atom. The lowest BCUT2D eigenvalue weighted by Gasteiger charge is -2.31. The minimum Gasteiger partial charge on any atom is -0.396 e. The largest absolute Gasteiger partial charge is 0.396 e. The average Bonchev–Trinajstić information content (AvgIpc) is 2.86. The molecule has 0 bridgehead atoms. The zero-order valence-electron chi connectivity index (χ0n) is 23.4. The standard InChI is InChI=1S/C26H55NO10/c1-4-25(2,36-18-17-35-22-24(31)20-33-14-8-6-12-29)9-16-37-26(3,27)10-15-34-21-23(30)19-32-13-7-5-11-28/h23-24,28-31H,4-22,27H2,1-3H3. The van der Waals surface area contributed by atoms with Crippen LogP contribution in [0.3, 0.4) is 0 Å². The normalized spacial score (nSPS) is 16.9. The van der Waals surface area contributed by atoms with Gasteiger partial charge < -0.3 is 54.6 Å². The van der Waals surface area contributed by atoms with E-state index in [1.807, 2.05) is 6.92 Å². The number of unbranched alkanes of at least 4 members (excludes halogenated alkanes) is 2. The zero-order chi connectivity index (χ0) is 27.8. The highest BCUT2D eigenvalue weighted by atomic mass is 16.6. The minimum absolute atomic E-state index is 0.144. The van der Waals surface area contributed by atoms with Crippen molar-refractivity contribution in [1.29, 1.82) is 0 Å². The van der Waals surface area contributed by atoms with E-state index < -0.39 is 17.9 Å². The fourth-order valence-electron chi connectivity index (χ4n) is 3.15. The number of ether oxygens (including phenoxy) is 6. The number of aliphatic hydroxyl groups excluding tert-OH is 4. The summed E-state index contributed by atoms with van der Waals surface area (Å²) in [5.74, 6) is 0. The van der Waals surface area contributed by atoms with Crippen LogP contribution in [0.1, 0.15) is 65.7 Å². The third-order valence-corrected chi connectivity index (χ3v) is 5.87. The van der Waals surface area contributed by atoms with Gasteiger partial charge in [0.05, 0.1) is 58.5 Å². The van der Waals surface area contributed by atoms with Crippen LogP contribution in [0.5, 0.6) is 0 Å². The Labute approximate surface area is 223 Å². The second-order valence-corrected chi connectivity index (χ2v) is 9.78. The summed E-state index contributed by atoms with van der Waals surface area (Å²) in [7, 11) is 0. The average molecular weight is 542 g/mol. The van der Waals surface area contributed by atoms with Crippen molar-refractivity contribution in [2.45, 2.75) is 89.3 Å². The second kappa shape index (κ2) is 23.4. The third kappa shape index (κ3) is 23.2. The van der Waals surface area contributed by atoms with E-state index in [-0.39, 0.29) is 45.2 Å². The molecule has 0 spiro atoms. The van der Waals surface area contributed by atoms with Gasteiger partial charge in [-0.15, -0.1) is 0 Å². The Morgan fingerprint density at radius 2 is 1.11 bits per heavy atom. The Hall–Kier alpha value is -0.440. The summed E-state index contributed by atoms with van der Waals surface area (Å²) in [4.78, 5) is 0. The third-order valence-electron chi connectivity index (χ3n) is 5.87. The molecule has 11 nitrogen and oxygen atoms in total. The Bertz CT molecular complexity index is 500. The van der Waals surface area contributed by atoms with Crippen LogP contribution in [0, 0.1) is 0 Å². The summed E-state index contributed by atoms with van der Waals surface area (Å²) < 4.78 is 33.6. The van der Waals surface area contributed by atoms with Gasteiger partial charge in [0.2, 0.25) is 0 Å². The Balaban J connectivity index is 3.91. The van der Waals surface area contributed by atoms with E-state index in [1.165, 1.54) is 0 Å². The molecule has 0 amide bonds. The lowest BCUT2D eigenvalue weighted by molar-refractivity contribution is -0.106. The van der Waals surface area contributed by atoms with Gasteiger partial charge in [-0.2, -0.15) is 0 Å². The molecule has 0 aliphatic rings. The first-order valence-electron chi connectivity index (χ1n) is 13.6. The molecule has 4 unspecified atom stereocenters. The van der Waals surface area contributed by atoms with Crippen molar-refractivity contribution >= 4 is 0 Å². The van der Waals surface area contributed by atoms with Gasteiger partial charge in [0.15, 0.2) is 0 Å². The van der Waals surface area contributed by atoms with Crippen LogP contribution in [-0.2, 0) is 28.4 Å². The van der Waals surface area contributed by atoms with Crippen molar-refractivity contribution in [3.05, 3.63) is 0 Å². The van der Waals surface area contributed by atoms with Gasteiger partial charge in [-0.3, -0.25) is 0 Å². The number of nitrogens with two attached hydrogens (primary N) is 1. The second-order valence-electron chi connectivity index (χ2n) is 9.78. The molecule has 0 saturated heterocycles. The summed E-state index contributed by atoms with van der Waals surface area (Å²) in [6, 6.07) is 0. The van der Waals surface area contributed by atoms with Gasteiger partial charge in [-0.1, -0.05) is 6.92 Å². The van der Waals surface area contributed by atoms with Crippen LogP contribution in [0.25, 0.3) is 0 Å². The minimum atomic E-state index is -0.861. The van der Waals surface area contributed by atoms with E-state index in [0.717, 1.165) is 19.3 Å². The SMILES string of the molecule is CCC(C)(CCOC(C)(N)CCOCC(O)COCCCCO)OCCOCC(O)COCCCCO. The first-order valence-corrected chi connectivity index (χ1v) is 13.6. The monoisotopic (exact) mass is 541 g/mol. The first-order chi connectivity index (χ1) is 17.7. The highest BCUT2D eigenvalue weighted by molar-refractivity contribution is 4.75. The van der Waals surface area contributed by atoms with Gasteiger partial charge in [0, 0.05) is 32.8 Å². The molecule has 0 aliphatic carbocycles. The lowest BCUT2D eigenvalue weighted by Crippen LogP contribution is -2.42. The molecule has 0 saturated carbocycles. The number of aliphatic hydroxyl groups is 4. The molecule has 11 heteroatoms. The van der Waals surface area contributed by atoms with Crippen molar-refractivity contribution < 1.29 is 48.8 Å². The molecular weight excluding hydrogens is 486 g/mol. The maximum absolute atomic E-state index is 9.88.